The van der Waals surface area contributed by atoms with Crippen LogP contribution in [0, 0.1) is 0 Å². The molecule has 2 N–H and O–H groups in total. The van der Waals surface area contributed by atoms with Crippen LogP contribution < -0.4 is 20.3 Å². The van der Waals surface area contributed by atoms with E-state index in [4.69, 9.17) is 32.9 Å². The second kappa shape index (κ2) is 13.0. The van der Waals surface area contributed by atoms with Crippen LogP contribution in [-0.2, 0) is 11.2 Å². The molecule has 1 fully saturated rings. The number of rotatable bonds is 9. The third kappa shape index (κ3) is 5.91. The van der Waals surface area contributed by atoms with Gasteiger partial charge in [-0.05, 0) is 54.9 Å². The number of nitrogens with one attached hydrogen (secondary N) is 2. The van der Waals surface area contributed by atoms with E-state index < -0.39 is 0 Å². The number of ether oxygens (including phenoxy) is 1. The van der Waals surface area contributed by atoms with Gasteiger partial charge in [0.2, 0.25) is 5.91 Å². The molecular formula is C34H35Cl2N7O2. The number of benzene rings is 2. The number of hydrogen-bond donors (Lipinski definition) is 2. The first-order chi connectivity index (χ1) is 21.8. The molecule has 0 radical (unpaired) electrons. The average molecular weight is 645 g/mol. The fraction of sp³-hybridized carbons (Fsp3) is 0.265. The van der Waals surface area contributed by atoms with Gasteiger partial charge in [0.05, 0.1) is 34.0 Å². The lowest BCUT2D eigenvalue weighted by molar-refractivity contribution is -0.111. The van der Waals surface area contributed by atoms with Gasteiger partial charge in [-0.1, -0.05) is 43.6 Å². The molecule has 9 nitrogen and oxygen atoms in total. The van der Waals surface area contributed by atoms with Crippen LogP contribution in [0.2, 0.25) is 10.0 Å². The van der Waals surface area contributed by atoms with Crippen molar-refractivity contribution >= 4 is 68.5 Å². The van der Waals surface area contributed by atoms with Crippen molar-refractivity contribution in [2.75, 3.05) is 55.4 Å². The van der Waals surface area contributed by atoms with E-state index in [1.165, 1.54) is 6.08 Å². The maximum Gasteiger partial charge on any atom is 0.247 e. The predicted octanol–water partition coefficient (Wildman–Crippen LogP) is 7.44. The highest BCUT2D eigenvalue weighted by Crippen LogP contribution is 2.45. The normalized spacial score (nSPS) is 13.8. The molecule has 0 saturated carbocycles. The quantitative estimate of drug-likeness (QED) is 0.161. The third-order valence-corrected chi connectivity index (χ3v) is 9.17. The zero-order valence-corrected chi connectivity index (χ0v) is 27.0. The molecule has 0 atom stereocenters. The van der Waals surface area contributed by atoms with E-state index >= 15 is 0 Å². The largest absolute Gasteiger partial charge is 0.495 e. The molecule has 4 heterocycles. The van der Waals surface area contributed by atoms with Gasteiger partial charge in [-0.2, -0.15) is 0 Å². The van der Waals surface area contributed by atoms with E-state index in [2.05, 4.69) is 45.0 Å². The number of piperazine rings is 1. The standard InChI is InChI=1S/C34H35Cl2N7O2/c1-5-21-17-28(45-4)33(36)31(32(21)35)24-16-22-20-38-29(19-27(22)43-11-10-37-34(24)43)39-25-9-8-23(18-26(25)40-30(44)6-2)42-14-12-41(7-3)13-15-42/h6,8-11,16-20H,2,5,7,12-15H2,1,3-4H3,(H,38,39)(H,40,44). The molecule has 0 spiro atoms. The molecule has 5 aromatic rings. The van der Waals surface area contributed by atoms with Crippen molar-refractivity contribution in [2.24, 2.45) is 0 Å². The van der Waals surface area contributed by atoms with E-state index in [9.17, 15) is 4.79 Å². The highest BCUT2D eigenvalue weighted by Gasteiger charge is 2.22. The van der Waals surface area contributed by atoms with Gasteiger partial charge < -0.3 is 25.2 Å². The zero-order chi connectivity index (χ0) is 31.7. The first kappa shape index (κ1) is 30.7. The SMILES string of the molecule is C=CC(=O)Nc1cc(N2CCN(CC)CC2)ccc1Nc1cc2c(cn1)cc(-c1c(Cl)c(CC)cc(OC)c1Cl)c1nccn12. The van der Waals surface area contributed by atoms with Crippen molar-refractivity contribution in [1.82, 2.24) is 19.3 Å². The maximum absolute atomic E-state index is 12.4. The highest BCUT2D eigenvalue weighted by molar-refractivity contribution is 6.41. The number of aryl methyl sites for hydroxylation is 1. The van der Waals surface area contributed by atoms with Gasteiger partial charge in [-0.25, -0.2) is 9.97 Å². The molecule has 232 valence electrons. The second-order valence-electron chi connectivity index (χ2n) is 10.9. The van der Waals surface area contributed by atoms with Gasteiger partial charge in [0.15, 0.2) is 0 Å². The Kier molecular flexibility index (Phi) is 8.85. The molecule has 45 heavy (non-hydrogen) atoms. The second-order valence-corrected chi connectivity index (χ2v) is 11.6. The van der Waals surface area contributed by atoms with Crippen LogP contribution in [0.25, 0.3) is 27.7 Å². The summed E-state index contributed by atoms with van der Waals surface area (Å²) in [5.41, 5.74) is 6.39. The molecule has 0 bridgehead atoms. The van der Waals surface area contributed by atoms with Crippen LogP contribution in [0.1, 0.15) is 19.4 Å². The summed E-state index contributed by atoms with van der Waals surface area (Å²) in [5, 5.41) is 8.25. The lowest BCUT2D eigenvalue weighted by atomic mass is 10.0. The van der Waals surface area contributed by atoms with Crippen LogP contribution in [0.15, 0.2) is 67.6 Å². The van der Waals surface area contributed by atoms with Gasteiger partial charge in [0, 0.05) is 73.0 Å². The van der Waals surface area contributed by atoms with Crippen molar-refractivity contribution in [3.8, 4) is 16.9 Å². The first-order valence-electron chi connectivity index (χ1n) is 15.0. The minimum absolute atomic E-state index is 0.286. The van der Waals surface area contributed by atoms with Crippen LogP contribution >= 0.6 is 23.2 Å². The molecule has 1 saturated heterocycles. The molecule has 11 heteroatoms. The molecule has 1 amide bonds. The number of likely N-dealkylation sites (N-methyl/N-ethyl adjacent to an activating group) is 1. The summed E-state index contributed by atoms with van der Waals surface area (Å²) in [5.74, 6) is 0.879. The van der Waals surface area contributed by atoms with Crippen molar-refractivity contribution < 1.29 is 9.53 Å². The average Bonchev–Trinajstić information content (AvgIpc) is 3.57. The smallest absolute Gasteiger partial charge is 0.247 e. The Bertz CT molecular complexity index is 1890. The number of pyridine rings is 2. The molecule has 1 aliphatic heterocycles. The number of amides is 1. The monoisotopic (exact) mass is 643 g/mol. The highest BCUT2D eigenvalue weighted by atomic mass is 35.5. The topological polar surface area (TPSA) is 87.0 Å². The van der Waals surface area contributed by atoms with Gasteiger partial charge in [0.1, 0.15) is 17.2 Å². The molecule has 3 aromatic heterocycles. The van der Waals surface area contributed by atoms with E-state index in [1.807, 2.05) is 47.9 Å². The number of methoxy groups -OCH3 is 1. The summed E-state index contributed by atoms with van der Waals surface area (Å²) >= 11 is 13.7. The Morgan fingerprint density at radius 1 is 1.04 bits per heavy atom. The minimum Gasteiger partial charge on any atom is -0.495 e. The summed E-state index contributed by atoms with van der Waals surface area (Å²) in [4.78, 5) is 26.6. The Morgan fingerprint density at radius 2 is 1.84 bits per heavy atom. The maximum atomic E-state index is 12.4. The lowest BCUT2D eigenvalue weighted by Crippen LogP contribution is -2.46. The van der Waals surface area contributed by atoms with Gasteiger partial charge in [0.25, 0.3) is 0 Å². The van der Waals surface area contributed by atoms with Crippen LogP contribution in [0.5, 0.6) is 5.75 Å². The first-order valence-corrected chi connectivity index (χ1v) is 15.7. The van der Waals surface area contributed by atoms with E-state index in [0.717, 1.165) is 66.9 Å². The minimum atomic E-state index is -0.286. The summed E-state index contributed by atoms with van der Waals surface area (Å²) in [6, 6.07) is 11.9. The Morgan fingerprint density at radius 3 is 2.56 bits per heavy atom. The predicted molar refractivity (Wildman–Crippen MR) is 185 cm³/mol. The molecular weight excluding hydrogens is 609 g/mol. The van der Waals surface area contributed by atoms with Gasteiger partial charge >= 0.3 is 0 Å². The van der Waals surface area contributed by atoms with Gasteiger partial charge in [-0.15, -0.1) is 0 Å². The van der Waals surface area contributed by atoms with Crippen molar-refractivity contribution in [1.29, 1.82) is 0 Å². The number of aromatic nitrogens is 3. The van der Waals surface area contributed by atoms with Crippen LogP contribution in [-0.4, -0.2) is 65.0 Å². The van der Waals surface area contributed by atoms with Gasteiger partial charge in [-0.3, -0.25) is 9.20 Å². The van der Waals surface area contributed by atoms with E-state index in [-0.39, 0.29) is 5.91 Å². The molecule has 0 unspecified atom stereocenters. The Balaban J connectivity index is 1.39. The fourth-order valence-corrected chi connectivity index (χ4v) is 6.60. The molecule has 1 aliphatic rings. The number of carbonyl (C=O) groups is 1. The summed E-state index contributed by atoms with van der Waals surface area (Å²) in [7, 11) is 1.59. The third-order valence-electron chi connectivity index (χ3n) is 8.36. The molecule has 0 aliphatic carbocycles. The van der Waals surface area contributed by atoms with Crippen molar-refractivity contribution in [3.05, 3.63) is 83.3 Å². The zero-order valence-electron chi connectivity index (χ0n) is 25.5. The summed E-state index contributed by atoms with van der Waals surface area (Å²) < 4.78 is 7.57. The molecule has 6 rings (SSSR count). The number of carbonyl (C=O) groups excluding carboxylic acids is 1. The van der Waals surface area contributed by atoms with Crippen molar-refractivity contribution in [2.45, 2.75) is 20.3 Å². The number of nitrogens with zero attached hydrogens (tertiary/aromatic N) is 5. The summed E-state index contributed by atoms with van der Waals surface area (Å²) in [6.45, 7) is 12.8. The molecule has 2 aromatic carbocycles. The Labute approximate surface area is 272 Å². The number of hydrogen-bond acceptors (Lipinski definition) is 7. The number of halogens is 2. The lowest BCUT2D eigenvalue weighted by Gasteiger charge is -2.35. The summed E-state index contributed by atoms with van der Waals surface area (Å²) in [6.07, 6.45) is 7.43. The fourth-order valence-electron chi connectivity index (χ4n) is 5.84. The number of fused-ring (bicyclic) bond motifs is 3. The van der Waals surface area contributed by atoms with E-state index in [1.54, 1.807) is 19.5 Å². The number of anilines is 4. The Hall–Kier alpha value is -4.31. The number of imidazole rings is 1. The van der Waals surface area contributed by atoms with E-state index in [0.29, 0.717) is 44.2 Å². The van der Waals surface area contributed by atoms with Crippen LogP contribution in [0.3, 0.4) is 0 Å². The van der Waals surface area contributed by atoms with Crippen LogP contribution in [0.4, 0.5) is 22.9 Å². The van der Waals surface area contributed by atoms with Crippen molar-refractivity contribution in [3.63, 3.8) is 0 Å².